The Balaban J connectivity index is 1.76. The number of aromatic nitrogens is 3. The van der Waals surface area contributed by atoms with Crippen molar-refractivity contribution in [2.24, 2.45) is 0 Å². The molecule has 1 aliphatic rings. The first kappa shape index (κ1) is 18.5. The number of piperidine rings is 1. The van der Waals surface area contributed by atoms with Crippen LogP contribution < -0.4 is 15.4 Å². The summed E-state index contributed by atoms with van der Waals surface area (Å²) in [6.07, 6.45) is -2.44. The predicted octanol–water partition coefficient (Wildman–Crippen LogP) is 3.76. The zero-order valence-corrected chi connectivity index (χ0v) is 14.6. The Labute approximate surface area is 157 Å². The van der Waals surface area contributed by atoms with Crippen molar-refractivity contribution < 1.29 is 22.3 Å². The Bertz CT molecular complexity index is 982. The van der Waals surface area contributed by atoms with Gasteiger partial charge in [0.15, 0.2) is 11.3 Å². The van der Waals surface area contributed by atoms with Gasteiger partial charge < -0.3 is 15.4 Å². The van der Waals surface area contributed by atoms with Crippen molar-refractivity contribution in [2.75, 3.05) is 18.4 Å². The number of fused-ring (bicyclic) bond motifs is 1. The molecule has 1 atom stereocenters. The number of imidazole rings is 1. The van der Waals surface area contributed by atoms with Crippen LogP contribution >= 0.6 is 0 Å². The Morgan fingerprint density at radius 1 is 1.25 bits per heavy atom. The molecule has 0 unspecified atom stereocenters. The Hall–Kier alpha value is -2.88. The summed E-state index contributed by atoms with van der Waals surface area (Å²) in [4.78, 5) is 3.85. The zero-order chi connectivity index (χ0) is 19.7. The topological polar surface area (TPSA) is 63.5 Å². The maximum Gasteiger partial charge on any atom is 0.435 e. The quantitative estimate of drug-likeness (QED) is 0.659. The van der Waals surface area contributed by atoms with Crippen molar-refractivity contribution in [2.45, 2.75) is 25.1 Å². The molecule has 3 aromatic rings. The third kappa shape index (κ3) is 3.86. The molecular weight excluding hydrogens is 378 g/mol. The number of anilines is 2. The van der Waals surface area contributed by atoms with Crippen LogP contribution in [0, 0.1) is 5.82 Å². The highest BCUT2D eigenvalue weighted by molar-refractivity contribution is 5.74. The lowest BCUT2D eigenvalue weighted by Crippen LogP contribution is -2.37. The fourth-order valence-electron chi connectivity index (χ4n) is 3.10. The molecule has 10 heteroatoms. The number of hydrogen-bond acceptors (Lipinski definition) is 5. The maximum atomic E-state index is 13.5. The van der Waals surface area contributed by atoms with E-state index in [-0.39, 0.29) is 23.3 Å². The van der Waals surface area contributed by atoms with E-state index in [1.807, 2.05) is 0 Å². The molecular formula is C18H17F4N5O. The van der Waals surface area contributed by atoms with Gasteiger partial charge in [0.25, 0.3) is 0 Å². The van der Waals surface area contributed by atoms with Crippen LogP contribution in [0.2, 0.25) is 0 Å². The van der Waals surface area contributed by atoms with E-state index in [4.69, 9.17) is 4.74 Å². The minimum Gasteiger partial charge on any atom is -0.472 e. The van der Waals surface area contributed by atoms with E-state index in [2.05, 4.69) is 20.7 Å². The van der Waals surface area contributed by atoms with Gasteiger partial charge in [-0.1, -0.05) is 6.07 Å². The third-order valence-corrected chi connectivity index (χ3v) is 4.38. The number of nitrogens with zero attached hydrogens (tertiary/aromatic N) is 3. The second-order valence-electron chi connectivity index (χ2n) is 6.49. The second kappa shape index (κ2) is 7.27. The van der Waals surface area contributed by atoms with Crippen molar-refractivity contribution >= 4 is 17.0 Å². The van der Waals surface area contributed by atoms with Crippen LogP contribution in [-0.4, -0.2) is 33.8 Å². The van der Waals surface area contributed by atoms with Crippen molar-refractivity contribution in [1.82, 2.24) is 19.9 Å². The first-order valence-corrected chi connectivity index (χ1v) is 8.76. The summed E-state index contributed by atoms with van der Waals surface area (Å²) < 4.78 is 60.0. The van der Waals surface area contributed by atoms with Crippen molar-refractivity contribution in [1.29, 1.82) is 0 Å². The second-order valence-corrected chi connectivity index (χ2v) is 6.49. The first-order chi connectivity index (χ1) is 13.4. The molecule has 0 aliphatic carbocycles. The normalized spacial score (nSPS) is 17.6. The average Bonchev–Trinajstić information content (AvgIpc) is 3.07. The van der Waals surface area contributed by atoms with Gasteiger partial charge in [-0.05, 0) is 37.6 Å². The van der Waals surface area contributed by atoms with E-state index in [1.54, 1.807) is 6.07 Å². The number of hydrogen-bond donors (Lipinski definition) is 2. The largest absolute Gasteiger partial charge is 0.472 e. The molecule has 0 spiro atoms. The van der Waals surface area contributed by atoms with Gasteiger partial charge >= 0.3 is 6.18 Å². The van der Waals surface area contributed by atoms with Gasteiger partial charge in [-0.3, -0.25) is 0 Å². The van der Waals surface area contributed by atoms with Gasteiger partial charge in [-0.2, -0.15) is 13.2 Å². The van der Waals surface area contributed by atoms with Gasteiger partial charge in [-0.15, -0.1) is 5.10 Å². The molecule has 0 radical (unpaired) electrons. The van der Waals surface area contributed by atoms with Crippen molar-refractivity contribution in [3.63, 3.8) is 0 Å². The van der Waals surface area contributed by atoms with Crippen molar-refractivity contribution in [3.8, 4) is 5.88 Å². The number of ether oxygens (including phenoxy) is 1. The minimum atomic E-state index is -4.63. The standard InChI is InChI=1S/C18H17F4N5O/c19-11-3-1-4-12(7-11)25-14-8-16(28-13-5-2-6-23-9-13)26-27-15(18(20,21)22)10-24-17(14)27/h1,3-4,7-8,10,13,23,25H,2,5-6,9H2/t13-/m0/s1. The predicted molar refractivity (Wildman–Crippen MR) is 94.2 cm³/mol. The van der Waals surface area contributed by atoms with Gasteiger partial charge in [0.2, 0.25) is 5.88 Å². The molecule has 0 saturated carbocycles. The Morgan fingerprint density at radius 3 is 2.82 bits per heavy atom. The lowest BCUT2D eigenvalue weighted by atomic mass is 10.1. The van der Waals surface area contributed by atoms with Crippen LogP contribution in [0.15, 0.2) is 36.5 Å². The van der Waals surface area contributed by atoms with Gasteiger partial charge in [0.05, 0.1) is 11.9 Å². The molecule has 3 heterocycles. The monoisotopic (exact) mass is 395 g/mol. The lowest BCUT2D eigenvalue weighted by Gasteiger charge is -2.23. The molecule has 2 N–H and O–H groups in total. The highest BCUT2D eigenvalue weighted by Crippen LogP contribution is 2.33. The molecule has 6 nitrogen and oxygen atoms in total. The van der Waals surface area contributed by atoms with E-state index in [1.165, 1.54) is 24.3 Å². The molecule has 1 saturated heterocycles. The van der Waals surface area contributed by atoms with E-state index in [9.17, 15) is 17.6 Å². The van der Waals surface area contributed by atoms with Crippen LogP contribution in [0.3, 0.4) is 0 Å². The van der Waals surface area contributed by atoms with Crippen LogP contribution in [0.25, 0.3) is 5.65 Å². The minimum absolute atomic E-state index is 0.0311. The summed E-state index contributed by atoms with van der Waals surface area (Å²) >= 11 is 0. The number of halogens is 4. The fourth-order valence-corrected chi connectivity index (χ4v) is 3.10. The SMILES string of the molecule is Fc1cccc(Nc2cc(O[C@H]3CCCNC3)nn3c(C(F)(F)F)cnc23)c1. The van der Waals surface area contributed by atoms with Gasteiger partial charge in [-0.25, -0.2) is 13.9 Å². The molecule has 0 amide bonds. The molecule has 1 aromatic carbocycles. The van der Waals surface area contributed by atoms with Crippen molar-refractivity contribution in [3.05, 3.63) is 48.0 Å². The molecule has 1 fully saturated rings. The summed E-state index contributed by atoms with van der Waals surface area (Å²) in [7, 11) is 0. The molecule has 2 aromatic heterocycles. The summed E-state index contributed by atoms with van der Waals surface area (Å²) in [5.74, 6) is -0.442. The number of benzene rings is 1. The smallest absolute Gasteiger partial charge is 0.435 e. The summed E-state index contributed by atoms with van der Waals surface area (Å²) in [5, 5.41) is 10.1. The lowest BCUT2D eigenvalue weighted by molar-refractivity contribution is -0.142. The summed E-state index contributed by atoms with van der Waals surface area (Å²) in [6, 6.07) is 7.07. The van der Waals surface area contributed by atoms with E-state index in [0.29, 0.717) is 22.9 Å². The Kier molecular flexibility index (Phi) is 4.80. The average molecular weight is 395 g/mol. The third-order valence-electron chi connectivity index (χ3n) is 4.38. The van der Waals surface area contributed by atoms with Crippen LogP contribution in [-0.2, 0) is 6.18 Å². The molecule has 1 aliphatic heterocycles. The maximum absolute atomic E-state index is 13.5. The Morgan fingerprint density at radius 2 is 2.11 bits per heavy atom. The first-order valence-electron chi connectivity index (χ1n) is 8.76. The molecule has 148 valence electrons. The number of rotatable bonds is 4. The summed E-state index contributed by atoms with van der Waals surface area (Å²) in [6.45, 7) is 1.46. The molecule has 0 bridgehead atoms. The zero-order valence-electron chi connectivity index (χ0n) is 14.6. The fraction of sp³-hybridized carbons (Fsp3) is 0.333. The van der Waals surface area contributed by atoms with Gasteiger partial charge in [0, 0.05) is 18.3 Å². The molecule has 28 heavy (non-hydrogen) atoms. The van der Waals surface area contributed by atoms with E-state index < -0.39 is 17.7 Å². The van der Waals surface area contributed by atoms with Crippen LogP contribution in [0.5, 0.6) is 5.88 Å². The highest BCUT2D eigenvalue weighted by atomic mass is 19.4. The van der Waals surface area contributed by atoms with Gasteiger partial charge in [0.1, 0.15) is 11.9 Å². The number of nitrogens with one attached hydrogen (secondary N) is 2. The van der Waals surface area contributed by atoms with E-state index in [0.717, 1.165) is 19.4 Å². The highest BCUT2D eigenvalue weighted by Gasteiger charge is 2.36. The number of alkyl halides is 3. The van der Waals surface area contributed by atoms with E-state index >= 15 is 0 Å². The van der Waals surface area contributed by atoms with Crippen LogP contribution in [0.4, 0.5) is 28.9 Å². The molecule has 4 rings (SSSR count). The van der Waals surface area contributed by atoms with Crippen LogP contribution in [0.1, 0.15) is 18.5 Å². The summed E-state index contributed by atoms with van der Waals surface area (Å²) in [5.41, 5.74) is -0.451.